The second-order valence-electron chi connectivity index (χ2n) is 3.68. The molecule has 1 rings (SSSR count). The Morgan fingerprint density at radius 2 is 2.00 bits per heavy atom. The molecule has 54 valence electrons. The minimum atomic E-state index is -0.294. The maximum atomic E-state index is 9.40. The molecule has 1 aliphatic rings. The third-order valence-electron chi connectivity index (χ3n) is 1.60. The smallest absolute Gasteiger partial charge is 0.107 e. The normalized spacial score (nSPS) is 30.0. The monoisotopic (exact) mass is 130 g/mol. The van der Waals surface area contributed by atoms with Crippen molar-refractivity contribution in [1.29, 1.82) is 0 Å². The lowest BCUT2D eigenvalue weighted by Crippen LogP contribution is -2.30. The quantitative estimate of drug-likeness (QED) is 0.532. The molecule has 0 saturated carbocycles. The number of rotatable bonds is 1. The van der Waals surface area contributed by atoms with E-state index in [0.717, 1.165) is 6.61 Å². The van der Waals surface area contributed by atoms with Crippen molar-refractivity contribution in [2.75, 3.05) is 6.61 Å². The van der Waals surface area contributed by atoms with Gasteiger partial charge in [-0.25, -0.2) is 0 Å². The summed E-state index contributed by atoms with van der Waals surface area (Å²) in [7, 11) is 0. The first-order valence-corrected chi connectivity index (χ1v) is 3.31. The molecule has 0 radical (unpaired) electrons. The minimum Gasteiger partial charge on any atom is -0.390 e. The number of ether oxygens (including phenoxy) is 1. The third kappa shape index (κ3) is 1.66. The van der Waals surface area contributed by atoms with Crippen LogP contribution in [-0.2, 0) is 4.74 Å². The van der Waals surface area contributed by atoms with Crippen LogP contribution in [0.3, 0.4) is 0 Å². The summed E-state index contributed by atoms with van der Waals surface area (Å²) in [6, 6.07) is 0. The lowest BCUT2D eigenvalue weighted by Gasteiger charge is -2.23. The predicted octanol–water partition coefficient (Wildman–Crippen LogP) is 0.792. The predicted molar refractivity (Wildman–Crippen MR) is 35.2 cm³/mol. The molecule has 2 atom stereocenters. The zero-order valence-electron chi connectivity index (χ0n) is 6.22. The van der Waals surface area contributed by atoms with E-state index in [1.807, 2.05) is 20.8 Å². The molecule has 0 bridgehead atoms. The van der Waals surface area contributed by atoms with Crippen LogP contribution < -0.4 is 0 Å². The standard InChI is InChI=1S/C7H14O2/c1-7(2,3)6(8)5-4-9-5/h5-6,8H,4H2,1-3H3/t5-,6?/m1/s1. The van der Waals surface area contributed by atoms with Gasteiger partial charge in [-0.2, -0.15) is 0 Å². The number of hydrogen-bond acceptors (Lipinski definition) is 2. The lowest BCUT2D eigenvalue weighted by atomic mass is 9.87. The molecule has 0 aliphatic carbocycles. The summed E-state index contributed by atoms with van der Waals surface area (Å²) in [5.41, 5.74) is -0.0266. The van der Waals surface area contributed by atoms with Gasteiger partial charge < -0.3 is 9.84 Å². The summed E-state index contributed by atoms with van der Waals surface area (Å²) in [6.07, 6.45) is -0.178. The van der Waals surface area contributed by atoms with Crippen LogP contribution >= 0.6 is 0 Å². The minimum absolute atomic E-state index is 0.0266. The zero-order valence-corrected chi connectivity index (χ0v) is 6.22. The van der Waals surface area contributed by atoms with E-state index in [0.29, 0.717) is 0 Å². The second-order valence-corrected chi connectivity index (χ2v) is 3.68. The summed E-state index contributed by atoms with van der Waals surface area (Å²) in [4.78, 5) is 0. The molecule has 1 unspecified atom stereocenters. The van der Waals surface area contributed by atoms with Gasteiger partial charge in [-0.15, -0.1) is 0 Å². The molecule has 9 heavy (non-hydrogen) atoms. The van der Waals surface area contributed by atoms with E-state index in [2.05, 4.69) is 0 Å². The molecule has 0 spiro atoms. The van der Waals surface area contributed by atoms with Crippen molar-refractivity contribution in [3.8, 4) is 0 Å². The van der Waals surface area contributed by atoms with Crippen LogP contribution in [0.1, 0.15) is 20.8 Å². The van der Waals surface area contributed by atoms with E-state index in [1.54, 1.807) is 0 Å². The Morgan fingerprint density at radius 1 is 1.56 bits per heavy atom. The number of aliphatic hydroxyl groups excluding tert-OH is 1. The molecule has 2 nitrogen and oxygen atoms in total. The molecular formula is C7H14O2. The molecule has 1 aliphatic heterocycles. The first kappa shape index (κ1) is 7.03. The highest BCUT2D eigenvalue weighted by Crippen LogP contribution is 2.28. The maximum Gasteiger partial charge on any atom is 0.107 e. The lowest BCUT2D eigenvalue weighted by molar-refractivity contribution is 0.0378. The van der Waals surface area contributed by atoms with Crippen molar-refractivity contribution in [1.82, 2.24) is 0 Å². The average Bonchev–Trinajstić information content (AvgIpc) is 2.40. The van der Waals surface area contributed by atoms with Crippen LogP contribution in [0, 0.1) is 5.41 Å². The van der Waals surface area contributed by atoms with Gasteiger partial charge in [0.1, 0.15) is 6.10 Å². The van der Waals surface area contributed by atoms with E-state index in [1.165, 1.54) is 0 Å². The summed E-state index contributed by atoms with van der Waals surface area (Å²) in [6.45, 7) is 6.77. The van der Waals surface area contributed by atoms with E-state index in [9.17, 15) is 5.11 Å². The van der Waals surface area contributed by atoms with Gasteiger partial charge >= 0.3 is 0 Å². The Labute approximate surface area is 55.8 Å². The average molecular weight is 130 g/mol. The second kappa shape index (κ2) is 1.96. The molecule has 0 aromatic carbocycles. The molecule has 0 aromatic heterocycles. The van der Waals surface area contributed by atoms with Gasteiger partial charge in [0.15, 0.2) is 0 Å². The van der Waals surface area contributed by atoms with Crippen LogP contribution in [0.4, 0.5) is 0 Å². The summed E-state index contributed by atoms with van der Waals surface area (Å²) in [5.74, 6) is 0. The van der Waals surface area contributed by atoms with E-state index < -0.39 is 0 Å². The van der Waals surface area contributed by atoms with Gasteiger partial charge in [0.25, 0.3) is 0 Å². The summed E-state index contributed by atoms with van der Waals surface area (Å²) >= 11 is 0. The van der Waals surface area contributed by atoms with Crippen LogP contribution in [0.2, 0.25) is 0 Å². The fraction of sp³-hybridized carbons (Fsp3) is 1.00. The van der Waals surface area contributed by atoms with E-state index in [-0.39, 0.29) is 17.6 Å². The topological polar surface area (TPSA) is 32.8 Å². The largest absolute Gasteiger partial charge is 0.390 e. The summed E-state index contributed by atoms with van der Waals surface area (Å²) in [5, 5.41) is 9.40. The van der Waals surface area contributed by atoms with Crippen molar-refractivity contribution in [3.05, 3.63) is 0 Å². The van der Waals surface area contributed by atoms with Crippen molar-refractivity contribution >= 4 is 0 Å². The SMILES string of the molecule is CC(C)(C)C(O)[C@H]1CO1. The van der Waals surface area contributed by atoms with Crippen molar-refractivity contribution < 1.29 is 9.84 Å². The molecule has 0 amide bonds. The third-order valence-corrected chi connectivity index (χ3v) is 1.60. The Balaban J connectivity index is 2.40. The first-order chi connectivity index (χ1) is 4.02. The van der Waals surface area contributed by atoms with Crippen molar-refractivity contribution in [3.63, 3.8) is 0 Å². The Morgan fingerprint density at radius 3 is 2.11 bits per heavy atom. The zero-order chi connectivity index (χ0) is 7.07. The maximum absolute atomic E-state index is 9.40. The van der Waals surface area contributed by atoms with Crippen LogP contribution in [0.25, 0.3) is 0 Å². The highest BCUT2D eigenvalue weighted by atomic mass is 16.6. The highest BCUT2D eigenvalue weighted by molar-refractivity contribution is 4.86. The Bertz CT molecular complexity index is 100.0. The van der Waals surface area contributed by atoms with Crippen LogP contribution in [-0.4, -0.2) is 23.9 Å². The van der Waals surface area contributed by atoms with Gasteiger partial charge in [-0.05, 0) is 5.41 Å². The van der Waals surface area contributed by atoms with Gasteiger partial charge in [-0.1, -0.05) is 20.8 Å². The van der Waals surface area contributed by atoms with E-state index >= 15 is 0 Å². The van der Waals surface area contributed by atoms with E-state index in [4.69, 9.17) is 4.74 Å². The van der Waals surface area contributed by atoms with Gasteiger partial charge in [0.2, 0.25) is 0 Å². The van der Waals surface area contributed by atoms with Gasteiger partial charge in [0.05, 0.1) is 12.7 Å². The molecule has 1 fully saturated rings. The molecular weight excluding hydrogens is 116 g/mol. The van der Waals surface area contributed by atoms with Gasteiger partial charge in [0, 0.05) is 0 Å². The Kier molecular flexibility index (Phi) is 1.53. The molecule has 0 aromatic rings. The summed E-state index contributed by atoms with van der Waals surface area (Å²) < 4.78 is 4.95. The fourth-order valence-electron chi connectivity index (χ4n) is 0.796. The fourth-order valence-corrected chi connectivity index (χ4v) is 0.796. The Hall–Kier alpha value is -0.0800. The number of aliphatic hydroxyl groups is 1. The number of epoxide rings is 1. The number of hydrogen-bond donors (Lipinski definition) is 1. The first-order valence-electron chi connectivity index (χ1n) is 3.31. The van der Waals surface area contributed by atoms with Crippen molar-refractivity contribution in [2.24, 2.45) is 5.41 Å². The van der Waals surface area contributed by atoms with Crippen LogP contribution in [0.15, 0.2) is 0 Å². The van der Waals surface area contributed by atoms with Gasteiger partial charge in [-0.3, -0.25) is 0 Å². The molecule has 1 saturated heterocycles. The molecule has 1 N–H and O–H groups in total. The molecule has 2 heteroatoms. The van der Waals surface area contributed by atoms with Crippen LogP contribution in [0.5, 0.6) is 0 Å². The van der Waals surface area contributed by atoms with Crippen molar-refractivity contribution in [2.45, 2.75) is 33.0 Å². The molecule has 1 heterocycles. The highest BCUT2D eigenvalue weighted by Gasteiger charge is 2.38.